The van der Waals surface area contributed by atoms with Crippen molar-refractivity contribution in [1.82, 2.24) is 0 Å². The molecule has 0 fully saturated rings. The molecule has 2 aromatic rings. The van der Waals surface area contributed by atoms with E-state index in [1.807, 2.05) is 44.2 Å². The first kappa shape index (κ1) is 15.7. The second-order valence-corrected chi connectivity index (χ2v) is 6.05. The van der Waals surface area contributed by atoms with Crippen molar-refractivity contribution in [2.45, 2.75) is 19.3 Å². The van der Waals surface area contributed by atoms with Crippen LogP contribution in [0.15, 0.2) is 42.5 Å². The zero-order valence-electron chi connectivity index (χ0n) is 11.7. The van der Waals surface area contributed by atoms with Crippen molar-refractivity contribution in [1.29, 1.82) is 0 Å². The van der Waals surface area contributed by atoms with E-state index >= 15 is 0 Å². The predicted octanol–water partition coefficient (Wildman–Crippen LogP) is 4.62. The second-order valence-electron chi connectivity index (χ2n) is 5.23. The number of amides is 1. The van der Waals surface area contributed by atoms with Crippen LogP contribution in [0.1, 0.15) is 19.4 Å². The molecule has 2 N–H and O–H groups in total. The maximum atomic E-state index is 12.5. The van der Waals surface area contributed by atoms with Gasteiger partial charge < -0.3 is 10.4 Å². The van der Waals surface area contributed by atoms with Crippen molar-refractivity contribution in [2.24, 2.45) is 0 Å². The van der Waals surface area contributed by atoms with E-state index in [0.29, 0.717) is 5.69 Å². The van der Waals surface area contributed by atoms with Gasteiger partial charge in [0.1, 0.15) is 0 Å². The molecule has 0 unspecified atom stereocenters. The van der Waals surface area contributed by atoms with Crippen LogP contribution in [0.4, 0.5) is 5.69 Å². The highest BCUT2D eigenvalue weighted by Crippen LogP contribution is 2.35. The third-order valence-electron chi connectivity index (χ3n) is 3.34. The highest BCUT2D eigenvalue weighted by atomic mass is 35.5. The largest absolute Gasteiger partial charge is 0.505 e. The average molecular weight is 324 g/mol. The lowest BCUT2D eigenvalue weighted by atomic mass is 9.83. The van der Waals surface area contributed by atoms with Crippen molar-refractivity contribution in [2.75, 3.05) is 5.32 Å². The third kappa shape index (κ3) is 3.31. The molecule has 0 saturated heterocycles. The molecule has 0 atom stereocenters. The molecule has 0 aliphatic carbocycles. The topological polar surface area (TPSA) is 49.3 Å². The van der Waals surface area contributed by atoms with Crippen LogP contribution < -0.4 is 5.32 Å². The number of aromatic hydroxyl groups is 1. The molecule has 0 aliphatic rings. The number of hydrogen-bond donors (Lipinski definition) is 2. The van der Waals surface area contributed by atoms with Crippen molar-refractivity contribution in [3.63, 3.8) is 0 Å². The number of carbonyl (C=O) groups is 1. The Kier molecular flexibility index (Phi) is 4.45. The molecular weight excluding hydrogens is 309 g/mol. The van der Waals surface area contributed by atoms with Gasteiger partial charge in [0.15, 0.2) is 5.75 Å². The van der Waals surface area contributed by atoms with Gasteiger partial charge in [-0.2, -0.15) is 0 Å². The maximum absolute atomic E-state index is 12.5. The highest BCUT2D eigenvalue weighted by molar-refractivity contribution is 6.37. The van der Waals surface area contributed by atoms with Crippen molar-refractivity contribution >= 4 is 34.8 Å². The average Bonchev–Trinajstić information content (AvgIpc) is 2.45. The fraction of sp³-hybridized carbons (Fsp3) is 0.188. The van der Waals surface area contributed by atoms with Gasteiger partial charge in [-0.05, 0) is 31.5 Å². The summed E-state index contributed by atoms with van der Waals surface area (Å²) in [5.74, 6) is -0.384. The fourth-order valence-corrected chi connectivity index (χ4v) is 2.40. The molecule has 5 heteroatoms. The van der Waals surface area contributed by atoms with Gasteiger partial charge >= 0.3 is 0 Å². The number of benzene rings is 2. The van der Waals surface area contributed by atoms with E-state index in [2.05, 4.69) is 5.32 Å². The van der Waals surface area contributed by atoms with Gasteiger partial charge in [-0.3, -0.25) is 4.79 Å². The SMILES string of the molecule is CC(C)(C(=O)Nc1cc(Cl)c(O)c(Cl)c1)c1ccccc1. The molecule has 2 rings (SSSR count). The van der Waals surface area contributed by atoms with Crippen LogP contribution in [-0.2, 0) is 10.2 Å². The highest BCUT2D eigenvalue weighted by Gasteiger charge is 2.29. The molecule has 0 saturated carbocycles. The van der Waals surface area contributed by atoms with Crippen LogP contribution in [0, 0.1) is 0 Å². The summed E-state index contributed by atoms with van der Waals surface area (Å²) >= 11 is 11.7. The quantitative estimate of drug-likeness (QED) is 0.810. The second kappa shape index (κ2) is 5.96. The maximum Gasteiger partial charge on any atom is 0.234 e. The number of hydrogen-bond acceptors (Lipinski definition) is 2. The van der Waals surface area contributed by atoms with E-state index in [0.717, 1.165) is 5.56 Å². The zero-order chi connectivity index (χ0) is 15.6. The van der Waals surface area contributed by atoms with Crippen LogP contribution in [0.2, 0.25) is 10.0 Å². The summed E-state index contributed by atoms with van der Waals surface area (Å²) in [6.07, 6.45) is 0. The molecule has 110 valence electrons. The Hall–Kier alpha value is -1.71. The molecule has 0 heterocycles. The number of rotatable bonds is 3. The number of carbonyl (C=O) groups excluding carboxylic acids is 1. The molecule has 0 aliphatic heterocycles. The van der Waals surface area contributed by atoms with E-state index in [1.54, 1.807) is 0 Å². The molecular formula is C16H15Cl2NO2. The Bertz CT molecular complexity index is 646. The summed E-state index contributed by atoms with van der Waals surface area (Å²) in [6, 6.07) is 12.4. The van der Waals surface area contributed by atoms with Crippen molar-refractivity contribution < 1.29 is 9.90 Å². The Balaban J connectivity index is 2.26. The number of nitrogens with one attached hydrogen (secondary N) is 1. The monoisotopic (exact) mass is 323 g/mol. The summed E-state index contributed by atoms with van der Waals surface area (Å²) in [5, 5.41) is 12.5. The smallest absolute Gasteiger partial charge is 0.234 e. The number of anilines is 1. The van der Waals surface area contributed by atoms with E-state index in [9.17, 15) is 9.90 Å². The Morgan fingerprint density at radius 1 is 1.10 bits per heavy atom. The minimum atomic E-state index is -0.710. The Morgan fingerprint density at radius 3 is 2.14 bits per heavy atom. The van der Waals surface area contributed by atoms with E-state index in [4.69, 9.17) is 23.2 Å². The van der Waals surface area contributed by atoms with Crippen molar-refractivity contribution in [3.05, 3.63) is 58.1 Å². The Labute approximate surface area is 133 Å². The van der Waals surface area contributed by atoms with Gasteiger partial charge in [0.25, 0.3) is 0 Å². The van der Waals surface area contributed by atoms with Gasteiger partial charge in [-0.15, -0.1) is 0 Å². The molecule has 3 nitrogen and oxygen atoms in total. The molecule has 0 bridgehead atoms. The number of phenols is 1. The minimum Gasteiger partial charge on any atom is -0.505 e. The minimum absolute atomic E-state index is 0.0929. The van der Waals surface area contributed by atoms with Gasteiger partial charge in [0, 0.05) is 5.69 Å². The molecule has 0 spiro atoms. The summed E-state index contributed by atoms with van der Waals surface area (Å²) in [5.41, 5.74) is 0.633. The standard InChI is InChI=1S/C16H15Cl2NO2/c1-16(2,10-6-4-3-5-7-10)15(21)19-11-8-12(17)14(20)13(18)9-11/h3-9,20H,1-2H3,(H,19,21). The summed E-state index contributed by atoms with van der Waals surface area (Å²) in [6.45, 7) is 3.67. The van der Waals surface area contributed by atoms with E-state index in [-0.39, 0.29) is 21.7 Å². The Morgan fingerprint density at radius 2 is 1.62 bits per heavy atom. The molecule has 2 aromatic carbocycles. The van der Waals surface area contributed by atoms with Gasteiger partial charge in [-0.25, -0.2) is 0 Å². The predicted molar refractivity (Wildman–Crippen MR) is 86.2 cm³/mol. The van der Waals surface area contributed by atoms with Crippen LogP contribution in [-0.4, -0.2) is 11.0 Å². The summed E-state index contributed by atoms with van der Waals surface area (Å²) < 4.78 is 0. The third-order valence-corrected chi connectivity index (χ3v) is 3.91. The van der Waals surface area contributed by atoms with Crippen LogP contribution in [0.25, 0.3) is 0 Å². The number of phenolic OH excluding ortho intramolecular Hbond substituents is 1. The first-order valence-electron chi connectivity index (χ1n) is 6.37. The molecule has 0 aromatic heterocycles. The van der Waals surface area contributed by atoms with Crippen LogP contribution in [0.3, 0.4) is 0 Å². The number of halogens is 2. The molecule has 1 amide bonds. The first-order chi connectivity index (χ1) is 9.82. The zero-order valence-corrected chi connectivity index (χ0v) is 13.2. The fourth-order valence-electron chi connectivity index (χ4n) is 1.91. The lowest BCUT2D eigenvalue weighted by molar-refractivity contribution is -0.120. The lowest BCUT2D eigenvalue weighted by Gasteiger charge is -2.24. The van der Waals surface area contributed by atoms with Gasteiger partial charge in [-0.1, -0.05) is 53.5 Å². The van der Waals surface area contributed by atoms with Gasteiger partial charge in [0.2, 0.25) is 5.91 Å². The van der Waals surface area contributed by atoms with Crippen LogP contribution in [0.5, 0.6) is 5.75 Å². The summed E-state index contributed by atoms with van der Waals surface area (Å²) in [4.78, 5) is 12.5. The normalized spacial score (nSPS) is 11.2. The van der Waals surface area contributed by atoms with Gasteiger partial charge in [0.05, 0.1) is 15.5 Å². The van der Waals surface area contributed by atoms with Crippen molar-refractivity contribution in [3.8, 4) is 5.75 Å². The van der Waals surface area contributed by atoms with E-state index < -0.39 is 5.41 Å². The van der Waals surface area contributed by atoms with Crippen LogP contribution >= 0.6 is 23.2 Å². The molecule has 0 radical (unpaired) electrons. The molecule has 21 heavy (non-hydrogen) atoms. The lowest BCUT2D eigenvalue weighted by Crippen LogP contribution is -2.34. The first-order valence-corrected chi connectivity index (χ1v) is 7.13. The van der Waals surface area contributed by atoms with E-state index in [1.165, 1.54) is 12.1 Å². The summed E-state index contributed by atoms with van der Waals surface area (Å²) in [7, 11) is 0.